The van der Waals surface area contributed by atoms with Crippen LogP contribution < -0.4 is 10.6 Å². The molecule has 0 saturated carbocycles. The number of carbonyl (C=O) groups excluding carboxylic acids is 1. The summed E-state index contributed by atoms with van der Waals surface area (Å²) in [5, 5.41) is 19.7. The van der Waals surface area contributed by atoms with Gasteiger partial charge in [0.05, 0.1) is 6.10 Å². The Kier molecular flexibility index (Phi) is 6.14. The standard InChI is InChI=1S/C14H27N5O2/c1-10(2)12(20)14(3,4)8-16-13(21)15-7-6-11-17-9-18-19(11)5/h9-10,12,20H,6-8H2,1-5H3,(H2,15,16,21)/t12-/m0/s1. The summed E-state index contributed by atoms with van der Waals surface area (Å²) in [6.07, 6.45) is 1.66. The molecule has 7 nitrogen and oxygen atoms in total. The zero-order chi connectivity index (χ0) is 16.0. The minimum Gasteiger partial charge on any atom is -0.392 e. The second kappa shape index (κ2) is 7.40. The van der Waals surface area contributed by atoms with Gasteiger partial charge in [-0.15, -0.1) is 0 Å². The molecular weight excluding hydrogens is 270 g/mol. The zero-order valence-corrected chi connectivity index (χ0v) is 13.6. The summed E-state index contributed by atoms with van der Waals surface area (Å²) in [6.45, 7) is 8.73. The number of aliphatic hydroxyl groups is 1. The lowest BCUT2D eigenvalue weighted by Gasteiger charge is -2.33. The van der Waals surface area contributed by atoms with Crippen LogP contribution in [0.2, 0.25) is 0 Å². The number of nitrogens with one attached hydrogen (secondary N) is 2. The van der Waals surface area contributed by atoms with Crippen molar-refractivity contribution in [3.05, 3.63) is 12.2 Å². The van der Waals surface area contributed by atoms with Gasteiger partial charge in [0.2, 0.25) is 0 Å². The maximum absolute atomic E-state index is 11.7. The number of nitrogens with zero attached hydrogens (tertiary/aromatic N) is 3. The smallest absolute Gasteiger partial charge is 0.314 e. The summed E-state index contributed by atoms with van der Waals surface area (Å²) < 4.78 is 1.68. The summed E-state index contributed by atoms with van der Waals surface area (Å²) in [6, 6.07) is -0.235. The molecule has 1 atom stereocenters. The second-order valence-corrected chi connectivity index (χ2v) is 6.34. The molecule has 21 heavy (non-hydrogen) atoms. The number of hydrogen-bond donors (Lipinski definition) is 3. The lowest BCUT2D eigenvalue weighted by Crippen LogP contribution is -2.46. The van der Waals surface area contributed by atoms with E-state index in [2.05, 4.69) is 20.7 Å². The number of aromatic nitrogens is 3. The molecule has 0 aliphatic heterocycles. The van der Waals surface area contributed by atoms with Gasteiger partial charge in [0, 0.05) is 32.0 Å². The lowest BCUT2D eigenvalue weighted by atomic mass is 9.81. The molecule has 1 aromatic heterocycles. The van der Waals surface area contributed by atoms with E-state index >= 15 is 0 Å². The normalized spacial score (nSPS) is 13.3. The van der Waals surface area contributed by atoms with Crippen LogP contribution in [0.3, 0.4) is 0 Å². The Balaban J connectivity index is 2.29. The first-order valence-corrected chi connectivity index (χ1v) is 7.26. The Morgan fingerprint density at radius 1 is 1.43 bits per heavy atom. The Hall–Kier alpha value is -1.63. The van der Waals surface area contributed by atoms with E-state index in [4.69, 9.17) is 0 Å². The lowest BCUT2D eigenvalue weighted by molar-refractivity contribution is 0.0151. The van der Waals surface area contributed by atoms with Crippen molar-refractivity contribution >= 4 is 6.03 Å². The highest BCUT2D eigenvalue weighted by Crippen LogP contribution is 2.24. The van der Waals surface area contributed by atoms with Crippen LogP contribution in [0.15, 0.2) is 6.33 Å². The van der Waals surface area contributed by atoms with Gasteiger partial charge < -0.3 is 15.7 Å². The molecule has 0 fully saturated rings. The van der Waals surface area contributed by atoms with Crippen LogP contribution in [-0.4, -0.2) is 45.1 Å². The molecule has 0 spiro atoms. The molecule has 0 bridgehead atoms. The summed E-state index contributed by atoms with van der Waals surface area (Å²) in [5.41, 5.74) is -0.366. The van der Waals surface area contributed by atoms with Crippen molar-refractivity contribution in [1.82, 2.24) is 25.4 Å². The third kappa shape index (κ3) is 5.34. The van der Waals surface area contributed by atoms with Crippen LogP contribution in [0.4, 0.5) is 4.79 Å². The van der Waals surface area contributed by atoms with Crippen LogP contribution in [-0.2, 0) is 13.5 Å². The highest BCUT2D eigenvalue weighted by molar-refractivity contribution is 5.73. The fourth-order valence-corrected chi connectivity index (χ4v) is 2.21. The van der Waals surface area contributed by atoms with Crippen LogP contribution in [0.25, 0.3) is 0 Å². The summed E-state index contributed by atoms with van der Waals surface area (Å²) in [5.74, 6) is 0.978. The van der Waals surface area contributed by atoms with E-state index in [0.29, 0.717) is 19.5 Å². The van der Waals surface area contributed by atoms with Gasteiger partial charge in [-0.1, -0.05) is 27.7 Å². The Labute approximate surface area is 126 Å². The first kappa shape index (κ1) is 17.4. The van der Waals surface area contributed by atoms with E-state index in [1.165, 1.54) is 6.33 Å². The van der Waals surface area contributed by atoms with E-state index in [1.807, 2.05) is 34.7 Å². The molecule has 1 rings (SSSR count). The summed E-state index contributed by atoms with van der Waals surface area (Å²) in [4.78, 5) is 15.8. The average molecular weight is 297 g/mol. The number of hydrogen-bond acceptors (Lipinski definition) is 4. The van der Waals surface area contributed by atoms with Crippen LogP contribution in [0, 0.1) is 11.3 Å². The fraction of sp³-hybridized carbons (Fsp3) is 0.786. The minimum absolute atomic E-state index is 0.153. The van der Waals surface area contributed by atoms with Gasteiger partial charge in [-0.05, 0) is 5.92 Å². The van der Waals surface area contributed by atoms with Crippen molar-refractivity contribution in [2.75, 3.05) is 13.1 Å². The Morgan fingerprint density at radius 2 is 2.10 bits per heavy atom. The molecule has 2 amide bonds. The number of aryl methyl sites for hydroxylation is 1. The summed E-state index contributed by atoms with van der Waals surface area (Å²) >= 11 is 0. The second-order valence-electron chi connectivity index (χ2n) is 6.34. The molecule has 3 N–H and O–H groups in total. The van der Waals surface area contributed by atoms with E-state index in [-0.39, 0.29) is 17.4 Å². The van der Waals surface area contributed by atoms with Crippen LogP contribution >= 0.6 is 0 Å². The average Bonchev–Trinajstić information content (AvgIpc) is 2.81. The van der Waals surface area contributed by atoms with E-state index in [1.54, 1.807) is 4.68 Å². The number of urea groups is 1. The molecule has 120 valence electrons. The van der Waals surface area contributed by atoms with Gasteiger partial charge in [0.1, 0.15) is 12.2 Å². The number of rotatable bonds is 7. The maximum atomic E-state index is 11.7. The Morgan fingerprint density at radius 3 is 2.62 bits per heavy atom. The topological polar surface area (TPSA) is 92.1 Å². The van der Waals surface area contributed by atoms with Crippen molar-refractivity contribution in [2.45, 2.75) is 40.2 Å². The summed E-state index contributed by atoms with van der Waals surface area (Å²) in [7, 11) is 1.82. The number of aliphatic hydroxyl groups excluding tert-OH is 1. The predicted molar refractivity (Wildman–Crippen MR) is 80.7 cm³/mol. The molecular formula is C14H27N5O2. The van der Waals surface area contributed by atoms with Gasteiger partial charge >= 0.3 is 6.03 Å². The third-order valence-electron chi connectivity index (χ3n) is 3.58. The van der Waals surface area contributed by atoms with Gasteiger partial charge in [-0.3, -0.25) is 4.68 Å². The molecule has 0 aliphatic rings. The minimum atomic E-state index is -0.462. The van der Waals surface area contributed by atoms with Gasteiger partial charge in [-0.2, -0.15) is 5.10 Å². The van der Waals surface area contributed by atoms with Crippen LogP contribution in [0.1, 0.15) is 33.5 Å². The molecule has 0 aliphatic carbocycles. The molecule has 0 saturated heterocycles. The van der Waals surface area contributed by atoms with E-state index in [9.17, 15) is 9.90 Å². The molecule has 1 heterocycles. The van der Waals surface area contributed by atoms with Gasteiger partial charge in [-0.25, -0.2) is 9.78 Å². The Bertz CT molecular complexity index is 456. The SMILES string of the molecule is CC(C)[C@H](O)C(C)(C)CNC(=O)NCCc1ncnn1C. The monoisotopic (exact) mass is 297 g/mol. The van der Waals surface area contributed by atoms with Crippen molar-refractivity contribution < 1.29 is 9.90 Å². The molecule has 7 heteroatoms. The number of carbonyl (C=O) groups is 1. The maximum Gasteiger partial charge on any atom is 0.314 e. The quantitative estimate of drug-likeness (QED) is 0.691. The van der Waals surface area contributed by atoms with Crippen molar-refractivity contribution in [1.29, 1.82) is 0 Å². The number of amides is 2. The molecule has 0 unspecified atom stereocenters. The molecule has 1 aromatic rings. The highest BCUT2D eigenvalue weighted by Gasteiger charge is 2.30. The van der Waals surface area contributed by atoms with E-state index in [0.717, 1.165) is 5.82 Å². The first-order chi connectivity index (χ1) is 9.74. The molecule has 0 radical (unpaired) electrons. The largest absolute Gasteiger partial charge is 0.392 e. The first-order valence-electron chi connectivity index (χ1n) is 7.26. The third-order valence-corrected chi connectivity index (χ3v) is 3.58. The van der Waals surface area contributed by atoms with Crippen molar-refractivity contribution in [2.24, 2.45) is 18.4 Å². The van der Waals surface area contributed by atoms with Gasteiger partial charge in [0.25, 0.3) is 0 Å². The van der Waals surface area contributed by atoms with Crippen molar-refractivity contribution in [3.8, 4) is 0 Å². The van der Waals surface area contributed by atoms with Gasteiger partial charge in [0.15, 0.2) is 0 Å². The van der Waals surface area contributed by atoms with Crippen molar-refractivity contribution in [3.63, 3.8) is 0 Å². The highest BCUT2D eigenvalue weighted by atomic mass is 16.3. The zero-order valence-electron chi connectivity index (χ0n) is 13.6. The predicted octanol–water partition coefficient (Wildman–Crippen LogP) is 0.700. The molecule has 0 aromatic carbocycles. The fourth-order valence-electron chi connectivity index (χ4n) is 2.21. The van der Waals surface area contributed by atoms with Crippen LogP contribution in [0.5, 0.6) is 0 Å². The van der Waals surface area contributed by atoms with E-state index < -0.39 is 6.10 Å².